The van der Waals surface area contributed by atoms with E-state index in [9.17, 15) is 12.8 Å². The standard InChI is InChI=1S/C10H10ClFO3S/c1-2-8(12)7-15-9-3-5-10(6-4-9)16(11,13)14/h2-6H,7H2,1H3/b8-2+. The maximum absolute atomic E-state index is 12.7. The van der Waals surface area contributed by atoms with Gasteiger partial charge >= 0.3 is 0 Å². The Morgan fingerprint density at radius 1 is 1.44 bits per heavy atom. The van der Waals surface area contributed by atoms with Crippen LogP contribution in [0.1, 0.15) is 6.92 Å². The zero-order valence-corrected chi connectivity index (χ0v) is 10.1. The summed E-state index contributed by atoms with van der Waals surface area (Å²) in [5, 5.41) is 0. The number of ether oxygens (including phenoxy) is 1. The average molecular weight is 265 g/mol. The van der Waals surface area contributed by atoms with Gasteiger partial charge in [-0.15, -0.1) is 0 Å². The van der Waals surface area contributed by atoms with E-state index in [1.165, 1.54) is 30.3 Å². The average Bonchev–Trinajstić information content (AvgIpc) is 2.25. The Labute approximate surface area is 97.9 Å². The maximum atomic E-state index is 12.7. The summed E-state index contributed by atoms with van der Waals surface area (Å²) in [6, 6.07) is 5.42. The minimum Gasteiger partial charge on any atom is -0.487 e. The molecule has 1 aromatic rings. The molecule has 6 heteroatoms. The van der Waals surface area contributed by atoms with E-state index in [-0.39, 0.29) is 11.5 Å². The van der Waals surface area contributed by atoms with Crippen LogP contribution in [0.4, 0.5) is 4.39 Å². The zero-order valence-electron chi connectivity index (χ0n) is 8.48. The van der Waals surface area contributed by atoms with E-state index in [1.54, 1.807) is 6.92 Å². The van der Waals surface area contributed by atoms with Crippen LogP contribution in [-0.4, -0.2) is 15.0 Å². The molecule has 0 amide bonds. The van der Waals surface area contributed by atoms with Crippen molar-refractivity contribution >= 4 is 19.7 Å². The summed E-state index contributed by atoms with van der Waals surface area (Å²) in [6.45, 7) is 1.38. The van der Waals surface area contributed by atoms with Gasteiger partial charge < -0.3 is 4.74 Å². The minimum absolute atomic E-state index is 0.0203. The molecule has 0 fully saturated rings. The quantitative estimate of drug-likeness (QED) is 0.786. The molecule has 0 bridgehead atoms. The second-order valence-corrected chi connectivity index (χ2v) is 5.50. The first-order valence-corrected chi connectivity index (χ1v) is 6.72. The number of hydrogen-bond donors (Lipinski definition) is 0. The van der Waals surface area contributed by atoms with E-state index >= 15 is 0 Å². The Kier molecular flexibility index (Phi) is 4.32. The fourth-order valence-electron chi connectivity index (χ4n) is 0.934. The van der Waals surface area contributed by atoms with Gasteiger partial charge in [0.2, 0.25) is 0 Å². The molecule has 3 nitrogen and oxygen atoms in total. The van der Waals surface area contributed by atoms with Gasteiger partial charge in [0.1, 0.15) is 18.2 Å². The molecule has 1 aromatic carbocycles. The molecular formula is C10H10ClFO3S. The third-order valence-electron chi connectivity index (χ3n) is 1.80. The lowest BCUT2D eigenvalue weighted by molar-refractivity contribution is 0.318. The monoisotopic (exact) mass is 264 g/mol. The maximum Gasteiger partial charge on any atom is 0.261 e. The Bertz CT molecular complexity index is 479. The van der Waals surface area contributed by atoms with Crippen molar-refractivity contribution in [2.24, 2.45) is 0 Å². The summed E-state index contributed by atoms with van der Waals surface area (Å²) in [5.41, 5.74) is 0. The molecule has 0 N–H and O–H groups in total. The van der Waals surface area contributed by atoms with Crippen molar-refractivity contribution in [1.82, 2.24) is 0 Å². The Balaban J connectivity index is 2.73. The Morgan fingerprint density at radius 3 is 2.44 bits per heavy atom. The molecule has 0 radical (unpaired) electrons. The highest BCUT2D eigenvalue weighted by Crippen LogP contribution is 2.19. The highest BCUT2D eigenvalue weighted by molar-refractivity contribution is 8.13. The summed E-state index contributed by atoms with van der Waals surface area (Å²) in [5.74, 6) is -0.0184. The number of benzene rings is 1. The van der Waals surface area contributed by atoms with Gasteiger partial charge in [-0.05, 0) is 31.2 Å². The molecule has 0 aliphatic rings. The Morgan fingerprint density at radius 2 is 2.00 bits per heavy atom. The van der Waals surface area contributed by atoms with E-state index in [0.29, 0.717) is 5.75 Å². The van der Waals surface area contributed by atoms with E-state index < -0.39 is 14.9 Å². The zero-order chi connectivity index (χ0) is 12.2. The first-order valence-electron chi connectivity index (χ1n) is 4.41. The molecule has 0 aliphatic carbocycles. The Hall–Kier alpha value is -1.07. The molecule has 0 heterocycles. The van der Waals surface area contributed by atoms with Crippen molar-refractivity contribution in [3.8, 4) is 5.75 Å². The van der Waals surface area contributed by atoms with E-state index in [2.05, 4.69) is 0 Å². The topological polar surface area (TPSA) is 43.4 Å². The van der Waals surface area contributed by atoms with E-state index in [1.807, 2.05) is 0 Å². The van der Waals surface area contributed by atoms with Crippen molar-refractivity contribution in [1.29, 1.82) is 0 Å². The number of rotatable bonds is 4. The second kappa shape index (κ2) is 5.32. The fourth-order valence-corrected chi connectivity index (χ4v) is 1.70. The number of halogens is 2. The molecule has 0 saturated heterocycles. The van der Waals surface area contributed by atoms with Gasteiger partial charge in [-0.2, -0.15) is 0 Å². The number of allylic oxidation sites excluding steroid dienone is 1. The molecule has 0 saturated carbocycles. The smallest absolute Gasteiger partial charge is 0.261 e. The second-order valence-electron chi connectivity index (χ2n) is 2.93. The van der Waals surface area contributed by atoms with Gasteiger partial charge in [0.05, 0.1) is 4.90 Å². The van der Waals surface area contributed by atoms with Gasteiger partial charge in [-0.3, -0.25) is 0 Å². The van der Waals surface area contributed by atoms with Crippen LogP contribution in [0.5, 0.6) is 5.75 Å². The molecule has 0 unspecified atom stereocenters. The van der Waals surface area contributed by atoms with Gasteiger partial charge in [0.25, 0.3) is 9.05 Å². The third kappa shape index (κ3) is 3.83. The van der Waals surface area contributed by atoms with Crippen LogP contribution < -0.4 is 4.74 Å². The molecule has 0 aliphatic heterocycles. The summed E-state index contributed by atoms with van der Waals surface area (Å²) in [4.78, 5) is -0.0203. The molecule has 0 spiro atoms. The molecule has 0 atom stereocenters. The van der Waals surface area contributed by atoms with Gasteiger partial charge in [0.15, 0.2) is 0 Å². The molecule has 16 heavy (non-hydrogen) atoms. The van der Waals surface area contributed by atoms with Crippen molar-refractivity contribution < 1.29 is 17.5 Å². The summed E-state index contributed by atoms with van der Waals surface area (Å²) >= 11 is 0. The van der Waals surface area contributed by atoms with E-state index in [4.69, 9.17) is 15.4 Å². The van der Waals surface area contributed by atoms with Crippen molar-refractivity contribution in [3.05, 3.63) is 36.2 Å². The van der Waals surface area contributed by atoms with Crippen molar-refractivity contribution in [2.75, 3.05) is 6.61 Å². The van der Waals surface area contributed by atoms with Crippen molar-refractivity contribution in [3.63, 3.8) is 0 Å². The van der Waals surface area contributed by atoms with Crippen LogP contribution in [0, 0.1) is 0 Å². The normalized spacial score (nSPS) is 12.6. The van der Waals surface area contributed by atoms with E-state index in [0.717, 1.165) is 0 Å². The summed E-state index contributed by atoms with van der Waals surface area (Å²) in [7, 11) is 1.40. The minimum atomic E-state index is -3.72. The van der Waals surface area contributed by atoms with Crippen LogP contribution in [0.3, 0.4) is 0 Å². The summed E-state index contributed by atoms with van der Waals surface area (Å²) in [6.07, 6.45) is 1.29. The fraction of sp³-hybridized carbons (Fsp3) is 0.200. The molecule has 88 valence electrons. The molecular weight excluding hydrogens is 255 g/mol. The van der Waals surface area contributed by atoms with Crippen LogP contribution >= 0.6 is 10.7 Å². The van der Waals surface area contributed by atoms with Gasteiger partial charge in [-0.25, -0.2) is 12.8 Å². The van der Waals surface area contributed by atoms with Crippen LogP contribution in [-0.2, 0) is 9.05 Å². The highest BCUT2D eigenvalue weighted by Gasteiger charge is 2.09. The predicted octanol–water partition coefficient (Wildman–Crippen LogP) is 2.87. The van der Waals surface area contributed by atoms with Crippen LogP contribution in [0.15, 0.2) is 41.1 Å². The first-order chi connectivity index (χ1) is 7.43. The van der Waals surface area contributed by atoms with Crippen LogP contribution in [0.25, 0.3) is 0 Å². The lowest BCUT2D eigenvalue weighted by Gasteiger charge is -2.04. The molecule has 0 aromatic heterocycles. The number of hydrogen-bond acceptors (Lipinski definition) is 3. The van der Waals surface area contributed by atoms with Gasteiger partial charge in [-0.1, -0.05) is 6.08 Å². The lowest BCUT2D eigenvalue weighted by atomic mass is 10.3. The SMILES string of the molecule is C/C=C(/F)COc1ccc(S(=O)(=O)Cl)cc1. The molecule has 1 rings (SSSR count). The summed E-state index contributed by atoms with van der Waals surface area (Å²) < 4.78 is 39.6. The first kappa shape index (κ1) is 13.0. The predicted molar refractivity (Wildman–Crippen MR) is 59.8 cm³/mol. The largest absolute Gasteiger partial charge is 0.487 e. The van der Waals surface area contributed by atoms with Gasteiger partial charge in [0, 0.05) is 10.7 Å². The van der Waals surface area contributed by atoms with Crippen LogP contribution in [0.2, 0.25) is 0 Å². The lowest BCUT2D eigenvalue weighted by Crippen LogP contribution is -1.98. The highest BCUT2D eigenvalue weighted by atomic mass is 35.7. The van der Waals surface area contributed by atoms with Crippen molar-refractivity contribution in [2.45, 2.75) is 11.8 Å². The third-order valence-corrected chi connectivity index (χ3v) is 3.16.